The van der Waals surface area contributed by atoms with Gasteiger partial charge in [0.2, 0.25) is 0 Å². The van der Waals surface area contributed by atoms with Crippen LogP contribution in [0.2, 0.25) is 0 Å². The van der Waals surface area contributed by atoms with Crippen molar-refractivity contribution in [3.05, 3.63) is 194 Å². The SMILES string of the molecule is c1ccc(-c2ccc(N(c3ccccc3)c3ccc4oc5cccc(N(c6ccccc6)c6ccc7c(c6)sc6ccccc67)c5c4c3)cc2)cc1. The summed E-state index contributed by atoms with van der Waals surface area (Å²) in [7, 11) is 0. The molecule has 0 saturated heterocycles. The highest BCUT2D eigenvalue weighted by atomic mass is 32.1. The van der Waals surface area contributed by atoms with E-state index in [1.54, 1.807) is 0 Å². The van der Waals surface area contributed by atoms with Crippen LogP contribution in [-0.2, 0) is 0 Å². The highest BCUT2D eigenvalue weighted by Crippen LogP contribution is 2.46. The maximum absolute atomic E-state index is 6.59. The van der Waals surface area contributed by atoms with E-state index in [-0.39, 0.29) is 0 Å². The second kappa shape index (κ2) is 12.6. The Hall–Kier alpha value is -6.62. The molecule has 3 nitrogen and oxygen atoms in total. The summed E-state index contributed by atoms with van der Waals surface area (Å²) in [4.78, 5) is 4.69. The lowest BCUT2D eigenvalue weighted by Gasteiger charge is -2.27. The highest BCUT2D eigenvalue weighted by Gasteiger charge is 2.22. The maximum Gasteiger partial charge on any atom is 0.137 e. The zero-order valence-electron chi connectivity index (χ0n) is 28.2. The molecule has 0 bridgehead atoms. The van der Waals surface area contributed by atoms with Crippen LogP contribution in [0.4, 0.5) is 34.1 Å². The van der Waals surface area contributed by atoms with Crippen LogP contribution in [0.5, 0.6) is 0 Å². The molecule has 0 amide bonds. The van der Waals surface area contributed by atoms with Crippen molar-refractivity contribution in [2.75, 3.05) is 9.80 Å². The molecule has 0 N–H and O–H groups in total. The molecule has 4 heteroatoms. The van der Waals surface area contributed by atoms with Gasteiger partial charge in [0.05, 0.1) is 11.1 Å². The molecule has 0 aliphatic heterocycles. The van der Waals surface area contributed by atoms with Gasteiger partial charge in [0.15, 0.2) is 0 Å². The Bertz CT molecular complexity index is 2840. The number of hydrogen-bond acceptors (Lipinski definition) is 4. The largest absolute Gasteiger partial charge is 0.456 e. The van der Waals surface area contributed by atoms with E-state index in [4.69, 9.17) is 4.42 Å². The van der Waals surface area contributed by atoms with Gasteiger partial charge in [-0.1, -0.05) is 109 Å². The third-order valence-corrected chi connectivity index (χ3v) is 11.0. The zero-order valence-corrected chi connectivity index (χ0v) is 29.0. The minimum Gasteiger partial charge on any atom is -0.456 e. The lowest BCUT2D eigenvalue weighted by atomic mass is 10.0. The molecular weight excluding hydrogens is 653 g/mol. The Balaban J connectivity index is 1.15. The molecule has 2 heterocycles. The van der Waals surface area contributed by atoms with E-state index in [1.165, 1.54) is 31.3 Å². The molecule has 0 radical (unpaired) electrons. The van der Waals surface area contributed by atoms with Crippen molar-refractivity contribution in [1.82, 2.24) is 0 Å². The first-order valence-corrected chi connectivity index (χ1v) is 18.3. The molecule has 0 atom stereocenters. The predicted octanol–water partition coefficient (Wildman–Crippen LogP) is 14.6. The van der Waals surface area contributed by atoms with E-state index >= 15 is 0 Å². The molecule has 8 aromatic carbocycles. The summed E-state index contributed by atoms with van der Waals surface area (Å²) in [5.41, 5.74) is 10.6. The van der Waals surface area contributed by atoms with E-state index < -0.39 is 0 Å². The van der Waals surface area contributed by atoms with Crippen molar-refractivity contribution in [2.24, 2.45) is 0 Å². The number of thiophene rings is 1. The van der Waals surface area contributed by atoms with Crippen LogP contribution in [0.25, 0.3) is 53.2 Å². The molecule has 0 fully saturated rings. The Labute approximate surface area is 305 Å². The average Bonchev–Trinajstić information content (AvgIpc) is 3.78. The van der Waals surface area contributed by atoms with Crippen molar-refractivity contribution in [2.45, 2.75) is 0 Å². The molecule has 0 spiro atoms. The van der Waals surface area contributed by atoms with E-state index in [1.807, 2.05) is 11.3 Å². The summed E-state index contributed by atoms with van der Waals surface area (Å²) in [5.74, 6) is 0. The predicted molar refractivity (Wildman–Crippen MR) is 221 cm³/mol. The van der Waals surface area contributed by atoms with Crippen molar-refractivity contribution in [3.8, 4) is 11.1 Å². The quantitative estimate of drug-likeness (QED) is 0.167. The summed E-state index contributed by atoms with van der Waals surface area (Å²) in [6.45, 7) is 0. The first kappa shape index (κ1) is 30.2. The molecule has 10 aromatic rings. The number of benzene rings is 8. The molecule has 10 rings (SSSR count). The van der Waals surface area contributed by atoms with Gasteiger partial charge in [-0.15, -0.1) is 11.3 Å². The number of fused-ring (bicyclic) bond motifs is 6. The van der Waals surface area contributed by atoms with Crippen molar-refractivity contribution in [3.63, 3.8) is 0 Å². The standard InChI is InChI=1S/C48H32N2OS/c1-4-13-33(14-5-1)34-23-25-37(26-24-34)49(35-15-6-2-7-16-35)38-28-30-44-42(31-38)48-43(20-12-21-45(48)51-44)50(36-17-8-3-9-18-36)39-27-29-41-40-19-10-11-22-46(40)52-47(41)32-39/h1-32H. The minimum atomic E-state index is 0.853. The third kappa shape index (κ3) is 5.20. The van der Waals surface area contributed by atoms with E-state index in [2.05, 4.69) is 204 Å². The maximum atomic E-state index is 6.59. The van der Waals surface area contributed by atoms with Crippen molar-refractivity contribution >= 4 is 87.6 Å². The Morgan fingerprint density at radius 2 is 0.923 bits per heavy atom. The van der Waals surface area contributed by atoms with Crippen LogP contribution < -0.4 is 9.80 Å². The summed E-state index contributed by atoms with van der Waals surface area (Å²) in [5, 5.41) is 4.72. The molecule has 0 saturated carbocycles. The molecule has 0 unspecified atom stereocenters. The van der Waals surface area contributed by atoms with Gasteiger partial charge in [-0.05, 0) is 96.1 Å². The second-order valence-electron chi connectivity index (χ2n) is 13.0. The third-order valence-electron chi connectivity index (χ3n) is 9.84. The number of furan rings is 1. The van der Waals surface area contributed by atoms with Crippen LogP contribution in [0, 0.1) is 0 Å². The molecule has 0 aliphatic rings. The summed E-state index contributed by atoms with van der Waals surface area (Å²) >= 11 is 1.84. The summed E-state index contributed by atoms with van der Waals surface area (Å²) in [6.07, 6.45) is 0. The first-order valence-electron chi connectivity index (χ1n) is 17.5. The Kier molecular flexibility index (Phi) is 7.33. The number of anilines is 6. The summed E-state index contributed by atoms with van der Waals surface area (Å²) in [6, 6.07) is 69.0. The number of para-hydroxylation sites is 2. The van der Waals surface area contributed by atoms with Crippen LogP contribution in [0.15, 0.2) is 199 Å². The fourth-order valence-electron chi connectivity index (χ4n) is 7.44. The average molecular weight is 685 g/mol. The zero-order chi connectivity index (χ0) is 34.4. The molecule has 0 aliphatic carbocycles. The van der Waals surface area contributed by atoms with Gasteiger partial charge in [0.1, 0.15) is 11.2 Å². The highest BCUT2D eigenvalue weighted by molar-refractivity contribution is 7.25. The molecular formula is C48H32N2OS. The molecule has 52 heavy (non-hydrogen) atoms. The normalized spacial score (nSPS) is 11.5. The fourth-order valence-corrected chi connectivity index (χ4v) is 8.58. The molecule has 2 aromatic heterocycles. The van der Waals surface area contributed by atoms with Crippen molar-refractivity contribution < 1.29 is 4.42 Å². The number of nitrogens with zero attached hydrogens (tertiary/aromatic N) is 2. The van der Waals surface area contributed by atoms with Gasteiger partial charge >= 0.3 is 0 Å². The van der Waals surface area contributed by atoms with Gasteiger partial charge in [-0.25, -0.2) is 0 Å². The lowest BCUT2D eigenvalue weighted by Crippen LogP contribution is -2.10. The van der Waals surface area contributed by atoms with E-state index in [0.29, 0.717) is 0 Å². The summed E-state index contributed by atoms with van der Waals surface area (Å²) < 4.78 is 9.16. The van der Waals surface area contributed by atoms with Gasteiger partial charge in [0, 0.05) is 54.0 Å². The Morgan fingerprint density at radius 3 is 1.69 bits per heavy atom. The van der Waals surface area contributed by atoms with Gasteiger partial charge in [-0.3, -0.25) is 0 Å². The van der Waals surface area contributed by atoms with Crippen LogP contribution in [-0.4, -0.2) is 0 Å². The van der Waals surface area contributed by atoms with E-state index in [0.717, 1.165) is 56.1 Å². The number of rotatable bonds is 7. The Morgan fingerprint density at radius 1 is 0.346 bits per heavy atom. The first-order chi connectivity index (χ1) is 25.8. The minimum absolute atomic E-state index is 0.853. The topological polar surface area (TPSA) is 19.6 Å². The monoisotopic (exact) mass is 684 g/mol. The smallest absolute Gasteiger partial charge is 0.137 e. The van der Waals surface area contributed by atoms with Crippen LogP contribution in [0.3, 0.4) is 0 Å². The van der Waals surface area contributed by atoms with Crippen LogP contribution >= 0.6 is 11.3 Å². The fraction of sp³-hybridized carbons (Fsp3) is 0. The van der Waals surface area contributed by atoms with Gasteiger partial charge in [-0.2, -0.15) is 0 Å². The van der Waals surface area contributed by atoms with Gasteiger partial charge in [0.25, 0.3) is 0 Å². The van der Waals surface area contributed by atoms with Gasteiger partial charge < -0.3 is 14.2 Å². The lowest BCUT2D eigenvalue weighted by molar-refractivity contribution is 0.669. The van der Waals surface area contributed by atoms with Crippen molar-refractivity contribution in [1.29, 1.82) is 0 Å². The van der Waals surface area contributed by atoms with Crippen LogP contribution in [0.1, 0.15) is 0 Å². The van der Waals surface area contributed by atoms with E-state index in [9.17, 15) is 0 Å². The molecule has 246 valence electrons. The second-order valence-corrected chi connectivity index (χ2v) is 14.1. The number of hydrogen-bond donors (Lipinski definition) is 0.